The third-order valence-electron chi connectivity index (χ3n) is 3.11. The fraction of sp³-hybridized carbons (Fsp3) is 0.467. The third-order valence-corrected chi connectivity index (χ3v) is 3.11. The SMILES string of the molecule is CC/C(=C/c1cccc(OC(F)(F)F)c1)CNC1CC1. The molecule has 0 aromatic heterocycles. The molecule has 0 bridgehead atoms. The standard InChI is InChI=1S/C15H18F3NO/c1-2-11(10-19-13-6-7-13)8-12-4-3-5-14(9-12)20-15(16,17)18/h3-5,8-9,13,19H,2,6-7,10H2,1H3/b11-8-. The molecule has 1 aromatic rings. The van der Waals surface area contributed by atoms with E-state index >= 15 is 0 Å². The van der Waals surface area contributed by atoms with Crippen molar-refractivity contribution in [1.82, 2.24) is 5.32 Å². The molecule has 0 heterocycles. The van der Waals surface area contributed by atoms with Crippen LogP contribution in [0.1, 0.15) is 31.7 Å². The summed E-state index contributed by atoms with van der Waals surface area (Å²) in [4.78, 5) is 0. The van der Waals surface area contributed by atoms with Crippen LogP contribution in [0.25, 0.3) is 6.08 Å². The van der Waals surface area contributed by atoms with E-state index in [2.05, 4.69) is 10.1 Å². The Morgan fingerprint density at radius 3 is 2.75 bits per heavy atom. The summed E-state index contributed by atoms with van der Waals surface area (Å²) >= 11 is 0. The average Bonchev–Trinajstić information content (AvgIpc) is 3.16. The number of alkyl halides is 3. The topological polar surface area (TPSA) is 21.3 Å². The van der Waals surface area contributed by atoms with Gasteiger partial charge in [-0.25, -0.2) is 0 Å². The number of hydrogen-bond acceptors (Lipinski definition) is 2. The van der Waals surface area contributed by atoms with Crippen molar-refractivity contribution >= 4 is 6.08 Å². The van der Waals surface area contributed by atoms with Crippen LogP contribution in [-0.2, 0) is 0 Å². The van der Waals surface area contributed by atoms with Crippen molar-refractivity contribution in [3.63, 3.8) is 0 Å². The van der Waals surface area contributed by atoms with Gasteiger partial charge in [0.25, 0.3) is 0 Å². The smallest absolute Gasteiger partial charge is 0.406 e. The van der Waals surface area contributed by atoms with E-state index in [9.17, 15) is 13.2 Å². The summed E-state index contributed by atoms with van der Waals surface area (Å²) < 4.78 is 40.4. The normalized spacial score (nSPS) is 16.3. The van der Waals surface area contributed by atoms with Gasteiger partial charge in [-0.05, 0) is 37.0 Å². The first-order valence-corrected chi connectivity index (χ1v) is 6.75. The molecule has 1 N–H and O–H groups in total. The first kappa shape index (κ1) is 14.9. The zero-order valence-electron chi connectivity index (χ0n) is 11.3. The van der Waals surface area contributed by atoms with Crippen molar-refractivity contribution < 1.29 is 17.9 Å². The molecule has 1 aromatic carbocycles. The second-order valence-electron chi connectivity index (χ2n) is 4.93. The van der Waals surface area contributed by atoms with Gasteiger partial charge in [-0.1, -0.05) is 30.7 Å². The minimum absolute atomic E-state index is 0.183. The van der Waals surface area contributed by atoms with Crippen LogP contribution in [-0.4, -0.2) is 18.9 Å². The average molecular weight is 285 g/mol. The predicted molar refractivity (Wildman–Crippen MR) is 72.4 cm³/mol. The highest BCUT2D eigenvalue weighted by atomic mass is 19.4. The van der Waals surface area contributed by atoms with Crippen molar-refractivity contribution in [3.8, 4) is 5.75 Å². The first-order valence-electron chi connectivity index (χ1n) is 6.75. The van der Waals surface area contributed by atoms with E-state index in [1.807, 2.05) is 13.0 Å². The highest BCUT2D eigenvalue weighted by Crippen LogP contribution is 2.24. The summed E-state index contributed by atoms with van der Waals surface area (Å²) in [5, 5.41) is 3.40. The van der Waals surface area contributed by atoms with Crippen LogP contribution < -0.4 is 10.1 Å². The molecule has 0 atom stereocenters. The highest BCUT2D eigenvalue weighted by molar-refractivity contribution is 5.55. The van der Waals surface area contributed by atoms with Gasteiger partial charge in [0.15, 0.2) is 0 Å². The fourth-order valence-corrected chi connectivity index (χ4v) is 1.88. The van der Waals surface area contributed by atoms with Gasteiger partial charge < -0.3 is 10.1 Å². The molecule has 2 rings (SSSR count). The number of ether oxygens (including phenoxy) is 1. The van der Waals surface area contributed by atoms with Crippen molar-refractivity contribution in [1.29, 1.82) is 0 Å². The van der Waals surface area contributed by atoms with E-state index in [1.165, 1.54) is 30.5 Å². The molecule has 5 heteroatoms. The number of halogens is 3. The maximum absolute atomic E-state index is 12.2. The monoisotopic (exact) mass is 285 g/mol. The Balaban J connectivity index is 2.03. The van der Waals surface area contributed by atoms with E-state index in [1.54, 1.807) is 12.1 Å². The van der Waals surface area contributed by atoms with Crippen molar-refractivity contribution in [2.75, 3.05) is 6.54 Å². The number of hydrogen-bond donors (Lipinski definition) is 1. The quantitative estimate of drug-likeness (QED) is 0.848. The van der Waals surface area contributed by atoms with Gasteiger partial charge in [0.1, 0.15) is 5.75 Å². The largest absolute Gasteiger partial charge is 0.573 e. The summed E-state index contributed by atoms with van der Waals surface area (Å²) in [6, 6.07) is 6.66. The van der Waals surface area contributed by atoms with E-state index < -0.39 is 6.36 Å². The Labute approximate surface area is 116 Å². The fourth-order valence-electron chi connectivity index (χ4n) is 1.88. The van der Waals surface area contributed by atoms with Crippen molar-refractivity contribution in [2.45, 2.75) is 38.6 Å². The molecule has 0 radical (unpaired) electrons. The van der Waals surface area contributed by atoms with E-state index in [-0.39, 0.29) is 5.75 Å². The lowest BCUT2D eigenvalue weighted by molar-refractivity contribution is -0.274. The van der Waals surface area contributed by atoms with Crippen LogP contribution in [0.3, 0.4) is 0 Å². The van der Waals surface area contributed by atoms with Crippen LogP contribution in [0.2, 0.25) is 0 Å². The van der Waals surface area contributed by atoms with E-state index in [0.29, 0.717) is 6.04 Å². The first-order chi connectivity index (χ1) is 9.46. The van der Waals surface area contributed by atoms with Crippen LogP contribution in [0.15, 0.2) is 29.8 Å². The lowest BCUT2D eigenvalue weighted by atomic mass is 10.1. The van der Waals surface area contributed by atoms with Crippen molar-refractivity contribution in [2.24, 2.45) is 0 Å². The molecule has 1 saturated carbocycles. The molecule has 1 aliphatic carbocycles. The Morgan fingerprint density at radius 2 is 2.15 bits per heavy atom. The second kappa shape index (κ2) is 6.31. The highest BCUT2D eigenvalue weighted by Gasteiger charge is 2.31. The molecule has 0 unspecified atom stereocenters. The molecule has 1 aliphatic rings. The van der Waals surface area contributed by atoms with Gasteiger partial charge in [-0.2, -0.15) is 0 Å². The Bertz CT molecular complexity index is 478. The molecule has 2 nitrogen and oxygen atoms in total. The van der Waals surface area contributed by atoms with E-state index in [4.69, 9.17) is 0 Å². The number of rotatable bonds is 6. The minimum atomic E-state index is -4.65. The lowest BCUT2D eigenvalue weighted by Gasteiger charge is -2.10. The zero-order valence-corrected chi connectivity index (χ0v) is 11.3. The third kappa shape index (κ3) is 5.25. The minimum Gasteiger partial charge on any atom is -0.406 e. The van der Waals surface area contributed by atoms with Crippen molar-refractivity contribution in [3.05, 3.63) is 35.4 Å². The summed E-state index contributed by atoms with van der Waals surface area (Å²) in [6.07, 6.45) is 0.559. The zero-order chi connectivity index (χ0) is 14.6. The van der Waals surface area contributed by atoms with Gasteiger partial charge >= 0.3 is 6.36 Å². The summed E-state index contributed by atoms with van der Waals surface area (Å²) in [5.41, 5.74) is 1.89. The molecule has 20 heavy (non-hydrogen) atoms. The van der Waals surface area contributed by atoms with Crippen LogP contribution in [0, 0.1) is 0 Å². The molecule has 1 fully saturated rings. The molecule has 0 spiro atoms. The molecular formula is C15H18F3NO. The maximum atomic E-state index is 12.2. The second-order valence-corrected chi connectivity index (χ2v) is 4.93. The Kier molecular flexibility index (Phi) is 4.70. The lowest BCUT2D eigenvalue weighted by Crippen LogP contribution is -2.19. The number of nitrogens with one attached hydrogen (secondary N) is 1. The molecular weight excluding hydrogens is 267 g/mol. The van der Waals surface area contributed by atoms with Gasteiger partial charge in [0, 0.05) is 12.6 Å². The molecule has 0 aliphatic heterocycles. The predicted octanol–water partition coefficient (Wildman–Crippen LogP) is 4.13. The summed E-state index contributed by atoms with van der Waals surface area (Å²) in [5.74, 6) is -0.183. The van der Waals surface area contributed by atoms with Gasteiger partial charge in [0.2, 0.25) is 0 Å². The Morgan fingerprint density at radius 1 is 1.40 bits per heavy atom. The van der Waals surface area contributed by atoms with E-state index in [0.717, 1.165) is 18.5 Å². The van der Waals surface area contributed by atoms with Crippen LogP contribution >= 0.6 is 0 Å². The summed E-state index contributed by atoms with van der Waals surface area (Å²) in [7, 11) is 0. The molecule has 0 amide bonds. The molecule has 110 valence electrons. The molecule has 0 saturated heterocycles. The Hall–Kier alpha value is -1.49. The van der Waals surface area contributed by atoms with Gasteiger partial charge in [-0.3, -0.25) is 0 Å². The summed E-state index contributed by atoms with van der Waals surface area (Å²) in [6.45, 7) is 2.82. The van der Waals surface area contributed by atoms with Crippen LogP contribution in [0.5, 0.6) is 5.75 Å². The van der Waals surface area contributed by atoms with Crippen LogP contribution in [0.4, 0.5) is 13.2 Å². The maximum Gasteiger partial charge on any atom is 0.573 e. The number of benzene rings is 1. The van der Waals surface area contributed by atoms with Gasteiger partial charge in [-0.15, -0.1) is 13.2 Å². The van der Waals surface area contributed by atoms with Gasteiger partial charge in [0.05, 0.1) is 0 Å².